The van der Waals surface area contributed by atoms with E-state index in [1.807, 2.05) is 31.2 Å². The zero-order valence-corrected chi connectivity index (χ0v) is 10.3. The van der Waals surface area contributed by atoms with Crippen LogP contribution in [0.2, 0.25) is 5.02 Å². The number of hydrogen-bond acceptors (Lipinski definition) is 3. The Morgan fingerprint density at radius 3 is 2.71 bits per heavy atom. The lowest BCUT2D eigenvalue weighted by molar-refractivity contribution is 0.317. The molecule has 4 heteroatoms. The lowest BCUT2D eigenvalue weighted by Crippen LogP contribution is -1.89. The molecule has 0 radical (unpaired) electrons. The summed E-state index contributed by atoms with van der Waals surface area (Å²) in [7, 11) is 0. The summed E-state index contributed by atoms with van der Waals surface area (Å²) >= 11 is 6.05. The first-order chi connectivity index (χ1) is 8.11. The first-order valence-corrected chi connectivity index (χ1v) is 5.55. The SMILES string of the molecule is C/C(=N\O)c1ccc(-c2ccc(C)c(Cl)c2)o1. The van der Waals surface area contributed by atoms with Crippen LogP contribution in [0.25, 0.3) is 11.3 Å². The van der Waals surface area contributed by atoms with Crippen molar-refractivity contribution in [3.05, 3.63) is 46.7 Å². The van der Waals surface area contributed by atoms with E-state index in [1.165, 1.54) is 0 Å². The van der Waals surface area contributed by atoms with Gasteiger partial charge in [0.2, 0.25) is 0 Å². The summed E-state index contributed by atoms with van der Waals surface area (Å²) in [5.41, 5.74) is 2.36. The Kier molecular flexibility index (Phi) is 3.20. The van der Waals surface area contributed by atoms with Crippen LogP contribution in [0, 0.1) is 6.92 Å². The Labute approximate surface area is 104 Å². The molecule has 1 aromatic heterocycles. The number of nitrogens with zero attached hydrogens (tertiary/aromatic N) is 1. The van der Waals surface area contributed by atoms with Crippen LogP contribution in [-0.4, -0.2) is 10.9 Å². The molecule has 0 saturated carbocycles. The van der Waals surface area contributed by atoms with E-state index in [-0.39, 0.29) is 0 Å². The van der Waals surface area contributed by atoms with Crippen LogP contribution in [-0.2, 0) is 0 Å². The Morgan fingerprint density at radius 1 is 1.29 bits per heavy atom. The normalized spacial score (nSPS) is 11.8. The third-order valence-corrected chi connectivity index (χ3v) is 2.98. The second kappa shape index (κ2) is 4.63. The molecule has 0 aliphatic carbocycles. The van der Waals surface area contributed by atoms with E-state index in [0.717, 1.165) is 11.1 Å². The summed E-state index contributed by atoms with van der Waals surface area (Å²) in [6.07, 6.45) is 0. The molecular weight excluding hydrogens is 238 g/mol. The standard InChI is InChI=1S/C13H12ClNO2/c1-8-3-4-10(7-11(8)14)13-6-5-12(17-13)9(2)15-16/h3-7,16H,1-2H3/b15-9+. The first-order valence-electron chi connectivity index (χ1n) is 5.17. The van der Waals surface area contributed by atoms with Crippen LogP contribution in [0.4, 0.5) is 0 Å². The zero-order chi connectivity index (χ0) is 12.4. The van der Waals surface area contributed by atoms with Gasteiger partial charge in [-0.15, -0.1) is 0 Å². The summed E-state index contributed by atoms with van der Waals surface area (Å²) in [4.78, 5) is 0. The molecule has 2 aromatic rings. The third-order valence-electron chi connectivity index (χ3n) is 2.57. The van der Waals surface area contributed by atoms with Crippen molar-refractivity contribution in [2.75, 3.05) is 0 Å². The maximum Gasteiger partial charge on any atom is 0.152 e. The largest absolute Gasteiger partial charge is 0.455 e. The Balaban J connectivity index is 2.40. The molecule has 0 amide bonds. The summed E-state index contributed by atoms with van der Waals surface area (Å²) in [6, 6.07) is 9.32. The van der Waals surface area contributed by atoms with E-state index in [0.29, 0.717) is 22.3 Å². The quantitative estimate of drug-likeness (QED) is 0.495. The molecule has 0 unspecified atom stereocenters. The minimum atomic E-state index is 0.439. The van der Waals surface area contributed by atoms with Gasteiger partial charge in [-0.05, 0) is 37.6 Å². The highest BCUT2D eigenvalue weighted by atomic mass is 35.5. The van der Waals surface area contributed by atoms with Crippen LogP contribution >= 0.6 is 11.6 Å². The Bertz CT molecular complexity index is 573. The number of oxime groups is 1. The first kappa shape index (κ1) is 11.7. The van der Waals surface area contributed by atoms with E-state index >= 15 is 0 Å². The highest BCUT2D eigenvalue weighted by Gasteiger charge is 2.08. The molecule has 0 saturated heterocycles. The monoisotopic (exact) mass is 249 g/mol. The maximum absolute atomic E-state index is 8.66. The molecule has 0 aliphatic heterocycles. The van der Waals surface area contributed by atoms with E-state index in [1.54, 1.807) is 13.0 Å². The maximum atomic E-state index is 8.66. The smallest absolute Gasteiger partial charge is 0.152 e. The van der Waals surface area contributed by atoms with Gasteiger partial charge in [-0.2, -0.15) is 0 Å². The number of hydrogen-bond donors (Lipinski definition) is 1. The molecule has 1 heterocycles. The summed E-state index contributed by atoms with van der Waals surface area (Å²) in [5.74, 6) is 1.24. The molecule has 1 aromatic carbocycles. The molecule has 0 aliphatic rings. The number of rotatable bonds is 2. The molecule has 1 N–H and O–H groups in total. The molecule has 88 valence electrons. The molecule has 0 atom stereocenters. The Morgan fingerprint density at radius 2 is 2.06 bits per heavy atom. The number of benzene rings is 1. The number of furan rings is 1. The highest BCUT2D eigenvalue weighted by Crippen LogP contribution is 2.27. The molecule has 0 fully saturated rings. The fraction of sp³-hybridized carbons (Fsp3) is 0.154. The highest BCUT2D eigenvalue weighted by molar-refractivity contribution is 6.31. The van der Waals surface area contributed by atoms with Crippen LogP contribution in [0.15, 0.2) is 39.9 Å². The van der Waals surface area contributed by atoms with Crippen molar-refractivity contribution in [3.63, 3.8) is 0 Å². The van der Waals surface area contributed by atoms with Crippen molar-refractivity contribution < 1.29 is 9.62 Å². The molecule has 0 spiro atoms. The average Bonchev–Trinajstić information content (AvgIpc) is 2.81. The molecule has 17 heavy (non-hydrogen) atoms. The van der Waals surface area contributed by atoms with Gasteiger partial charge in [0.05, 0.1) is 0 Å². The summed E-state index contributed by atoms with van der Waals surface area (Å²) in [6.45, 7) is 3.62. The minimum Gasteiger partial charge on any atom is -0.455 e. The second-order valence-electron chi connectivity index (χ2n) is 3.81. The zero-order valence-electron chi connectivity index (χ0n) is 9.57. The average molecular weight is 250 g/mol. The molecule has 3 nitrogen and oxygen atoms in total. The topological polar surface area (TPSA) is 45.7 Å². The van der Waals surface area contributed by atoms with Crippen molar-refractivity contribution in [1.29, 1.82) is 0 Å². The van der Waals surface area contributed by atoms with Crippen molar-refractivity contribution in [1.82, 2.24) is 0 Å². The lowest BCUT2D eigenvalue weighted by atomic mass is 10.1. The van der Waals surface area contributed by atoms with Gasteiger partial charge in [0, 0.05) is 10.6 Å². The van der Waals surface area contributed by atoms with Crippen LogP contribution in [0.5, 0.6) is 0 Å². The minimum absolute atomic E-state index is 0.439. The molecular formula is C13H12ClNO2. The van der Waals surface area contributed by atoms with Gasteiger partial charge in [0.25, 0.3) is 0 Å². The molecule has 0 bridgehead atoms. The predicted molar refractivity (Wildman–Crippen MR) is 67.9 cm³/mol. The summed E-state index contributed by atoms with van der Waals surface area (Å²) < 4.78 is 5.57. The third kappa shape index (κ3) is 2.34. The van der Waals surface area contributed by atoms with E-state index in [9.17, 15) is 0 Å². The van der Waals surface area contributed by atoms with Gasteiger partial charge in [-0.3, -0.25) is 0 Å². The van der Waals surface area contributed by atoms with Gasteiger partial charge >= 0.3 is 0 Å². The van der Waals surface area contributed by atoms with E-state index in [4.69, 9.17) is 21.2 Å². The van der Waals surface area contributed by atoms with Gasteiger partial charge < -0.3 is 9.62 Å². The van der Waals surface area contributed by atoms with E-state index in [2.05, 4.69) is 5.16 Å². The van der Waals surface area contributed by atoms with E-state index < -0.39 is 0 Å². The van der Waals surface area contributed by atoms with Crippen molar-refractivity contribution in [2.45, 2.75) is 13.8 Å². The lowest BCUT2D eigenvalue weighted by Gasteiger charge is -2.01. The van der Waals surface area contributed by atoms with Gasteiger partial charge in [-0.1, -0.05) is 28.9 Å². The van der Waals surface area contributed by atoms with Crippen LogP contribution in [0.3, 0.4) is 0 Å². The summed E-state index contributed by atoms with van der Waals surface area (Å²) in [5, 5.41) is 12.5. The van der Waals surface area contributed by atoms with Crippen LogP contribution < -0.4 is 0 Å². The van der Waals surface area contributed by atoms with Gasteiger partial charge in [-0.25, -0.2) is 0 Å². The number of halogens is 1. The number of aryl methyl sites for hydroxylation is 1. The van der Waals surface area contributed by atoms with Crippen molar-refractivity contribution >= 4 is 17.3 Å². The molecule has 2 rings (SSSR count). The predicted octanol–water partition coefficient (Wildman–Crippen LogP) is 4.11. The van der Waals surface area contributed by atoms with Crippen LogP contribution in [0.1, 0.15) is 18.2 Å². The Hall–Kier alpha value is -1.74. The van der Waals surface area contributed by atoms with Gasteiger partial charge in [0.15, 0.2) is 5.76 Å². The van der Waals surface area contributed by atoms with Crippen molar-refractivity contribution in [3.8, 4) is 11.3 Å². The fourth-order valence-electron chi connectivity index (χ4n) is 1.48. The second-order valence-corrected chi connectivity index (χ2v) is 4.22. The fourth-order valence-corrected chi connectivity index (χ4v) is 1.66. The van der Waals surface area contributed by atoms with Crippen molar-refractivity contribution in [2.24, 2.45) is 5.16 Å². The van der Waals surface area contributed by atoms with Gasteiger partial charge in [0.1, 0.15) is 11.5 Å².